The summed E-state index contributed by atoms with van der Waals surface area (Å²) >= 11 is 1.46. The molecular weight excluding hydrogens is 274 g/mol. The molecule has 112 valence electrons. The highest BCUT2D eigenvalue weighted by Gasteiger charge is 2.35. The average Bonchev–Trinajstić information content (AvgIpc) is 2.81. The van der Waals surface area contributed by atoms with Crippen LogP contribution in [0.3, 0.4) is 0 Å². The van der Waals surface area contributed by atoms with Gasteiger partial charge in [0.05, 0.1) is 10.3 Å². The Kier molecular flexibility index (Phi) is 5.74. The van der Waals surface area contributed by atoms with E-state index in [0.29, 0.717) is 17.7 Å². The number of carboxylic acids is 1. The fourth-order valence-electron chi connectivity index (χ4n) is 2.20. The molecular formula is C15H23NO3S. The van der Waals surface area contributed by atoms with Crippen LogP contribution in [0.15, 0.2) is 6.07 Å². The molecule has 0 fully saturated rings. The lowest BCUT2D eigenvalue weighted by molar-refractivity contribution is -0.149. The molecule has 0 unspecified atom stereocenters. The van der Waals surface area contributed by atoms with Crippen molar-refractivity contribution in [3.8, 4) is 0 Å². The average molecular weight is 297 g/mol. The van der Waals surface area contributed by atoms with Crippen molar-refractivity contribution in [2.75, 3.05) is 6.54 Å². The largest absolute Gasteiger partial charge is 0.481 e. The number of hydrogen-bond acceptors (Lipinski definition) is 3. The first-order valence-corrected chi connectivity index (χ1v) is 7.82. The minimum absolute atomic E-state index is 0.173. The van der Waals surface area contributed by atoms with Gasteiger partial charge in [0.25, 0.3) is 5.91 Å². The third-order valence-electron chi connectivity index (χ3n) is 4.02. The molecule has 1 amide bonds. The number of carbonyl (C=O) groups is 2. The van der Waals surface area contributed by atoms with E-state index in [1.165, 1.54) is 16.9 Å². The Labute approximate surface area is 124 Å². The smallest absolute Gasteiger partial charge is 0.311 e. The van der Waals surface area contributed by atoms with Crippen molar-refractivity contribution in [2.45, 2.75) is 47.0 Å². The Morgan fingerprint density at radius 3 is 2.30 bits per heavy atom. The highest BCUT2D eigenvalue weighted by molar-refractivity contribution is 7.14. The monoisotopic (exact) mass is 297 g/mol. The molecule has 1 heterocycles. The number of rotatable bonds is 7. The van der Waals surface area contributed by atoms with Crippen molar-refractivity contribution in [2.24, 2.45) is 5.41 Å². The van der Waals surface area contributed by atoms with Gasteiger partial charge in [-0.2, -0.15) is 0 Å². The number of hydrogen-bond donors (Lipinski definition) is 2. The second kappa shape index (κ2) is 6.88. The first-order chi connectivity index (χ1) is 9.40. The van der Waals surface area contributed by atoms with E-state index < -0.39 is 11.4 Å². The number of amides is 1. The Morgan fingerprint density at radius 1 is 1.30 bits per heavy atom. The molecule has 2 N–H and O–H groups in total. The molecule has 1 aromatic heterocycles. The van der Waals surface area contributed by atoms with Crippen LogP contribution < -0.4 is 5.32 Å². The highest BCUT2D eigenvalue weighted by atomic mass is 32.1. The fourth-order valence-corrected chi connectivity index (χ4v) is 3.23. The van der Waals surface area contributed by atoms with E-state index in [1.54, 1.807) is 0 Å². The molecule has 0 bridgehead atoms. The van der Waals surface area contributed by atoms with Crippen LogP contribution in [-0.4, -0.2) is 23.5 Å². The van der Waals surface area contributed by atoms with Gasteiger partial charge < -0.3 is 10.4 Å². The molecule has 0 atom stereocenters. The summed E-state index contributed by atoms with van der Waals surface area (Å²) in [4.78, 5) is 25.3. The minimum atomic E-state index is -0.866. The van der Waals surface area contributed by atoms with E-state index in [0.717, 1.165) is 11.3 Å². The Morgan fingerprint density at radius 2 is 1.90 bits per heavy atom. The molecule has 1 aromatic rings. The first kappa shape index (κ1) is 16.7. The van der Waals surface area contributed by atoms with Gasteiger partial charge in [0.15, 0.2) is 0 Å². The summed E-state index contributed by atoms with van der Waals surface area (Å²) < 4.78 is 0. The van der Waals surface area contributed by atoms with Crippen LogP contribution in [0.5, 0.6) is 0 Å². The van der Waals surface area contributed by atoms with E-state index in [-0.39, 0.29) is 12.5 Å². The third-order valence-corrected chi connectivity index (χ3v) is 5.11. The lowest BCUT2D eigenvalue weighted by Gasteiger charge is -2.26. The van der Waals surface area contributed by atoms with Gasteiger partial charge in [-0.15, -0.1) is 11.3 Å². The lowest BCUT2D eigenvalue weighted by Crippen LogP contribution is -2.42. The molecule has 0 aromatic carbocycles. The van der Waals surface area contributed by atoms with Gasteiger partial charge in [0, 0.05) is 11.4 Å². The Balaban J connectivity index is 2.77. The molecule has 0 saturated carbocycles. The van der Waals surface area contributed by atoms with Crippen LogP contribution in [0.4, 0.5) is 0 Å². The van der Waals surface area contributed by atoms with Crippen LogP contribution >= 0.6 is 11.3 Å². The van der Waals surface area contributed by atoms with Crippen LogP contribution in [0, 0.1) is 12.3 Å². The summed E-state index contributed by atoms with van der Waals surface area (Å²) in [7, 11) is 0. The molecule has 0 radical (unpaired) electrons. The van der Waals surface area contributed by atoms with Crippen molar-refractivity contribution in [3.05, 3.63) is 21.4 Å². The number of carboxylic acid groups (broad SMARTS) is 1. The predicted molar refractivity (Wildman–Crippen MR) is 81.4 cm³/mol. The van der Waals surface area contributed by atoms with Crippen molar-refractivity contribution in [3.63, 3.8) is 0 Å². The van der Waals surface area contributed by atoms with Crippen molar-refractivity contribution in [1.29, 1.82) is 0 Å². The maximum absolute atomic E-state index is 12.1. The van der Waals surface area contributed by atoms with Gasteiger partial charge in [-0.05, 0) is 37.8 Å². The van der Waals surface area contributed by atoms with Gasteiger partial charge in [-0.3, -0.25) is 9.59 Å². The maximum atomic E-state index is 12.1. The SMILES string of the molecule is CCc1cc(C(=O)NCC(CC)(CC)C(=O)O)sc1C. The second-order valence-corrected chi connectivity index (χ2v) is 6.28. The summed E-state index contributed by atoms with van der Waals surface area (Å²) in [6.45, 7) is 7.91. The number of aliphatic carboxylic acids is 1. The second-order valence-electron chi connectivity index (χ2n) is 5.02. The molecule has 1 rings (SSSR count). The minimum Gasteiger partial charge on any atom is -0.481 e. The lowest BCUT2D eigenvalue weighted by atomic mass is 9.82. The van der Waals surface area contributed by atoms with Crippen molar-refractivity contribution in [1.82, 2.24) is 5.32 Å². The van der Waals surface area contributed by atoms with E-state index >= 15 is 0 Å². The van der Waals surface area contributed by atoms with Crippen LogP contribution in [0.1, 0.15) is 53.7 Å². The number of aryl methyl sites for hydroxylation is 2. The van der Waals surface area contributed by atoms with E-state index in [4.69, 9.17) is 0 Å². The summed E-state index contributed by atoms with van der Waals surface area (Å²) in [5.74, 6) is -1.02. The highest BCUT2D eigenvalue weighted by Crippen LogP contribution is 2.26. The molecule has 0 aliphatic heterocycles. The van der Waals surface area contributed by atoms with Gasteiger partial charge in [0.1, 0.15) is 0 Å². The fraction of sp³-hybridized carbons (Fsp3) is 0.600. The molecule has 0 spiro atoms. The Hall–Kier alpha value is -1.36. The zero-order valence-electron chi connectivity index (χ0n) is 12.6. The summed E-state index contributed by atoms with van der Waals surface area (Å²) in [5.41, 5.74) is 0.311. The Bertz CT molecular complexity index is 489. The molecule has 0 aliphatic rings. The van der Waals surface area contributed by atoms with E-state index in [9.17, 15) is 14.7 Å². The number of thiophene rings is 1. The zero-order valence-corrected chi connectivity index (χ0v) is 13.4. The standard InChI is InChI=1S/C15H23NO3S/c1-5-11-8-12(20-10(11)4)13(17)16-9-15(6-2,7-3)14(18)19/h8H,5-7,9H2,1-4H3,(H,16,17)(H,18,19). The van der Waals surface area contributed by atoms with Crippen molar-refractivity contribution < 1.29 is 14.7 Å². The topological polar surface area (TPSA) is 66.4 Å². The maximum Gasteiger partial charge on any atom is 0.311 e. The van der Waals surface area contributed by atoms with E-state index in [1.807, 2.05) is 26.8 Å². The van der Waals surface area contributed by atoms with Crippen LogP contribution in [-0.2, 0) is 11.2 Å². The van der Waals surface area contributed by atoms with E-state index in [2.05, 4.69) is 12.2 Å². The normalized spacial score (nSPS) is 11.4. The van der Waals surface area contributed by atoms with Gasteiger partial charge in [0.2, 0.25) is 0 Å². The predicted octanol–water partition coefficient (Wildman–Crippen LogP) is 3.24. The molecule has 4 nitrogen and oxygen atoms in total. The van der Waals surface area contributed by atoms with Crippen molar-refractivity contribution >= 4 is 23.2 Å². The van der Waals surface area contributed by atoms with Crippen LogP contribution in [0.25, 0.3) is 0 Å². The molecule has 20 heavy (non-hydrogen) atoms. The first-order valence-electron chi connectivity index (χ1n) is 7.01. The number of nitrogens with one attached hydrogen (secondary N) is 1. The van der Waals surface area contributed by atoms with Gasteiger partial charge >= 0.3 is 5.97 Å². The van der Waals surface area contributed by atoms with Gasteiger partial charge in [-0.1, -0.05) is 20.8 Å². The molecule has 0 saturated heterocycles. The summed E-state index contributed by atoms with van der Waals surface area (Å²) in [6.07, 6.45) is 1.91. The number of carbonyl (C=O) groups excluding carboxylic acids is 1. The zero-order chi connectivity index (χ0) is 15.3. The van der Waals surface area contributed by atoms with Crippen LogP contribution in [0.2, 0.25) is 0 Å². The molecule has 0 aliphatic carbocycles. The summed E-state index contributed by atoms with van der Waals surface area (Å²) in [5, 5.41) is 12.1. The third kappa shape index (κ3) is 3.39. The summed E-state index contributed by atoms with van der Waals surface area (Å²) in [6, 6.07) is 1.90. The molecule has 5 heteroatoms. The quantitative estimate of drug-likeness (QED) is 0.812. The van der Waals surface area contributed by atoms with Gasteiger partial charge in [-0.25, -0.2) is 0 Å².